The Balaban J connectivity index is 2.01. The molecule has 2 nitrogen and oxygen atoms in total. The van der Waals surface area contributed by atoms with Crippen LogP contribution in [0.25, 0.3) is 0 Å². The molecule has 0 amide bonds. The van der Waals surface area contributed by atoms with Gasteiger partial charge in [0.2, 0.25) is 0 Å². The summed E-state index contributed by atoms with van der Waals surface area (Å²) in [5.41, 5.74) is -0.545. The molecule has 15 heavy (non-hydrogen) atoms. The number of thioether (sulfide) groups is 1. The van der Waals surface area contributed by atoms with E-state index in [1.807, 2.05) is 0 Å². The van der Waals surface area contributed by atoms with Gasteiger partial charge in [0.15, 0.2) is 0 Å². The highest BCUT2D eigenvalue weighted by Gasteiger charge is 2.43. The Kier molecular flexibility index (Phi) is 3.41. The smallest absolute Gasteiger partial charge is 0.136 e. The van der Waals surface area contributed by atoms with Crippen LogP contribution in [0.5, 0.6) is 0 Å². The molecule has 0 bridgehead atoms. The van der Waals surface area contributed by atoms with Gasteiger partial charge in [-0.15, -0.1) is 11.8 Å². The van der Waals surface area contributed by atoms with Gasteiger partial charge in [0.25, 0.3) is 0 Å². The number of hydrogen-bond acceptors (Lipinski definition) is 3. The normalized spacial score (nSPS) is 35.3. The van der Waals surface area contributed by atoms with Crippen LogP contribution in [0.2, 0.25) is 0 Å². The first kappa shape index (κ1) is 11.5. The molecule has 2 rings (SSSR count). The van der Waals surface area contributed by atoms with Crippen LogP contribution in [0.3, 0.4) is 0 Å². The van der Waals surface area contributed by atoms with Crippen molar-refractivity contribution in [1.82, 2.24) is 0 Å². The van der Waals surface area contributed by atoms with Gasteiger partial charge in [-0.25, -0.2) is 0 Å². The van der Waals surface area contributed by atoms with E-state index in [4.69, 9.17) is 0 Å². The second-order valence-electron chi connectivity index (χ2n) is 5.10. The van der Waals surface area contributed by atoms with Gasteiger partial charge in [0.05, 0.1) is 10.3 Å². The van der Waals surface area contributed by atoms with Crippen LogP contribution in [-0.2, 0) is 4.79 Å². The fraction of sp³-hybridized carbons (Fsp3) is 0.917. The molecule has 0 aromatic heterocycles. The lowest BCUT2D eigenvalue weighted by Gasteiger charge is -2.37. The van der Waals surface area contributed by atoms with Crippen molar-refractivity contribution in [2.75, 3.05) is 5.75 Å². The van der Waals surface area contributed by atoms with Crippen molar-refractivity contribution in [3.05, 3.63) is 0 Å². The zero-order valence-corrected chi connectivity index (χ0v) is 10.0. The lowest BCUT2D eigenvalue weighted by molar-refractivity contribution is -0.112. The third-order valence-corrected chi connectivity index (χ3v) is 5.27. The number of aldehydes is 1. The van der Waals surface area contributed by atoms with E-state index in [0.29, 0.717) is 6.42 Å². The minimum Gasteiger partial charge on any atom is -0.390 e. The highest BCUT2D eigenvalue weighted by molar-refractivity contribution is 8.01. The second kappa shape index (κ2) is 4.46. The number of carbonyl (C=O) groups is 1. The topological polar surface area (TPSA) is 37.3 Å². The van der Waals surface area contributed by atoms with E-state index in [1.54, 1.807) is 11.8 Å². The standard InChI is InChI=1S/C12H20O2S/c13-10-12(7-4-8-15-12)9-11(14)5-2-1-3-6-11/h10,14H,1-9H2. The van der Waals surface area contributed by atoms with Crippen LogP contribution in [0.1, 0.15) is 51.4 Å². The molecule has 86 valence electrons. The summed E-state index contributed by atoms with van der Waals surface area (Å²) in [6.45, 7) is 0. The Morgan fingerprint density at radius 2 is 1.87 bits per heavy atom. The summed E-state index contributed by atoms with van der Waals surface area (Å²) in [5, 5.41) is 10.5. The summed E-state index contributed by atoms with van der Waals surface area (Å²) in [6, 6.07) is 0. The molecular formula is C12H20O2S. The minimum atomic E-state index is -0.545. The van der Waals surface area contributed by atoms with Crippen LogP contribution in [-0.4, -0.2) is 27.5 Å². The Morgan fingerprint density at radius 1 is 1.13 bits per heavy atom. The maximum atomic E-state index is 11.2. The maximum absolute atomic E-state index is 11.2. The summed E-state index contributed by atoms with van der Waals surface area (Å²) in [5.74, 6) is 1.08. The van der Waals surface area contributed by atoms with Gasteiger partial charge in [-0.3, -0.25) is 0 Å². The molecule has 1 atom stereocenters. The fourth-order valence-electron chi connectivity index (χ4n) is 2.94. The maximum Gasteiger partial charge on any atom is 0.136 e. The zero-order valence-electron chi connectivity index (χ0n) is 9.21. The molecule has 2 fully saturated rings. The molecule has 2 aliphatic rings. The van der Waals surface area contributed by atoms with Gasteiger partial charge >= 0.3 is 0 Å². The number of carbonyl (C=O) groups excluding carboxylic acids is 1. The first-order valence-corrected chi connectivity index (χ1v) is 6.99. The Bertz CT molecular complexity index is 228. The number of rotatable bonds is 3. The van der Waals surface area contributed by atoms with Crippen LogP contribution < -0.4 is 0 Å². The van der Waals surface area contributed by atoms with Crippen molar-refractivity contribution in [3.63, 3.8) is 0 Å². The van der Waals surface area contributed by atoms with E-state index in [1.165, 1.54) is 6.42 Å². The Hall–Kier alpha value is -0.0200. The van der Waals surface area contributed by atoms with E-state index in [-0.39, 0.29) is 4.75 Å². The van der Waals surface area contributed by atoms with E-state index < -0.39 is 5.60 Å². The molecular weight excluding hydrogens is 208 g/mol. The van der Waals surface area contributed by atoms with E-state index in [2.05, 4.69) is 0 Å². The number of hydrogen-bond donors (Lipinski definition) is 1. The predicted octanol–water partition coefficient (Wildman–Crippen LogP) is 2.54. The summed E-state index contributed by atoms with van der Waals surface area (Å²) >= 11 is 1.75. The first-order chi connectivity index (χ1) is 7.18. The molecule has 1 aliphatic carbocycles. The SMILES string of the molecule is O=CC1(CC2(O)CCCCC2)CCCS1. The predicted molar refractivity (Wildman–Crippen MR) is 63.1 cm³/mol. The van der Waals surface area contributed by atoms with E-state index in [9.17, 15) is 9.90 Å². The highest BCUT2D eigenvalue weighted by atomic mass is 32.2. The van der Waals surface area contributed by atoms with Gasteiger partial charge in [0.1, 0.15) is 6.29 Å². The molecule has 0 radical (unpaired) electrons. The number of aliphatic hydroxyl groups is 1. The first-order valence-electron chi connectivity index (χ1n) is 6.01. The lowest BCUT2D eigenvalue weighted by atomic mass is 9.78. The Morgan fingerprint density at radius 3 is 2.40 bits per heavy atom. The minimum absolute atomic E-state index is 0.258. The van der Waals surface area contributed by atoms with Crippen molar-refractivity contribution in [3.8, 4) is 0 Å². The third-order valence-electron chi connectivity index (χ3n) is 3.76. The van der Waals surface area contributed by atoms with E-state index in [0.717, 1.165) is 50.6 Å². The van der Waals surface area contributed by atoms with Crippen molar-refractivity contribution in [2.45, 2.75) is 61.7 Å². The largest absolute Gasteiger partial charge is 0.390 e. The average molecular weight is 228 g/mol. The van der Waals surface area contributed by atoms with Crippen molar-refractivity contribution >= 4 is 18.0 Å². The molecule has 3 heteroatoms. The molecule has 1 unspecified atom stereocenters. The van der Waals surface area contributed by atoms with Crippen LogP contribution in [0.15, 0.2) is 0 Å². The van der Waals surface area contributed by atoms with Crippen molar-refractivity contribution in [1.29, 1.82) is 0 Å². The van der Waals surface area contributed by atoms with Crippen LogP contribution in [0, 0.1) is 0 Å². The second-order valence-corrected chi connectivity index (χ2v) is 6.61. The summed E-state index contributed by atoms with van der Waals surface area (Å²) < 4.78 is -0.258. The van der Waals surface area contributed by atoms with E-state index >= 15 is 0 Å². The van der Waals surface area contributed by atoms with Crippen LogP contribution in [0.4, 0.5) is 0 Å². The molecule has 1 aliphatic heterocycles. The summed E-state index contributed by atoms with van der Waals surface area (Å²) in [7, 11) is 0. The van der Waals surface area contributed by atoms with Gasteiger partial charge in [-0.2, -0.15) is 0 Å². The third kappa shape index (κ3) is 2.56. The van der Waals surface area contributed by atoms with Crippen molar-refractivity contribution < 1.29 is 9.90 Å². The highest BCUT2D eigenvalue weighted by Crippen LogP contribution is 2.45. The molecule has 1 heterocycles. The van der Waals surface area contributed by atoms with Gasteiger partial charge in [-0.05, 0) is 37.9 Å². The zero-order chi connectivity index (χ0) is 10.8. The van der Waals surface area contributed by atoms with Crippen LogP contribution >= 0.6 is 11.8 Å². The Labute approximate surface area is 95.8 Å². The fourth-order valence-corrected chi connectivity index (χ4v) is 4.36. The lowest BCUT2D eigenvalue weighted by Crippen LogP contribution is -2.40. The molecule has 0 aromatic carbocycles. The molecule has 0 aromatic rings. The molecule has 1 saturated heterocycles. The molecule has 1 N–H and O–H groups in total. The average Bonchev–Trinajstić information content (AvgIpc) is 2.67. The van der Waals surface area contributed by atoms with Gasteiger partial charge in [-0.1, -0.05) is 19.3 Å². The van der Waals surface area contributed by atoms with Gasteiger partial charge in [0, 0.05) is 0 Å². The summed E-state index contributed by atoms with van der Waals surface area (Å²) in [4.78, 5) is 11.2. The molecule has 0 spiro atoms. The monoisotopic (exact) mass is 228 g/mol. The molecule has 1 saturated carbocycles. The summed E-state index contributed by atoms with van der Waals surface area (Å²) in [6.07, 6.45) is 9.14. The van der Waals surface area contributed by atoms with Crippen molar-refractivity contribution in [2.24, 2.45) is 0 Å². The quantitative estimate of drug-likeness (QED) is 0.754. The van der Waals surface area contributed by atoms with Gasteiger partial charge < -0.3 is 9.90 Å².